The van der Waals surface area contributed by atoms with E-state index in [0.717, 1.165) is 8.95 Å². The van der Waals surface area contributed by atoms with Gasteiger partial charge in [0.2, 0.25) is 0 Å². The summed E-state index contributed by atoms with van der Waals surface area (Å²) in [4.78, 5) is 2.22. The normalized spacial score (nSPS) is 11.3. The van der Waals surface area contributed by atoms with E-state index in [2.05, 4.69) is 87.3 Å². The van der Waals surface area contributed by atoms with Crippen LogP contribution >= 0.6 is 31.9 Å². The predicted octanol–water partition coefficient (Wildman–Crippen LogP) is 5.98. The van der Waals surface area contributed by atoms with Gasteiger partial charge in [0, 0.05) is 27.6 Å². The maximum absolute atomic E-state index is 3.63. The van der Waals surface area contributed by atoms with Gasteiger partial charge in [-0.05, 0) is 25.7 Å². The molecular weight excluding hydrogens is 458 g/mol. The van der Waals surface area contributed by atoms with Crippen LogP contribution in [0.1, 0.15) is 17.2 Å². The fraction of sp³-hybridized carbons (Fsp3) is 0.158. The Morgan fingerprint density at radius 3 is 1.91 bits per heavy atom. The van der Waals surface area contributed by atoms with Crippen LogP contribution in [0.3, 0.4) is 0 Å². The molecule has 0 aliphatic carbocycles. The summed E-state index contributed by atoms with van der Waals surface area (Å²) in [5, 5.41) is 0. The third-order valence-electron chi connectivity index (χ3n) is 3.36. The first kappa shape index (κ1) is 20.4. The fourth-order valence-corrected chi connectivity index (χ4v) is 3.38. The first-order chi connectivity index (χ1) is 10.6. The molecule has 128 valence electrons. The molecule has 0 saturated heterocycles. The monoisotopic (exact) mass is 475 g/mol. The molecule has 0 bridgehead atoms. The van der Waals surface area contributed by atoms with Gasteiger partial charge in [-0.1, -0.05) is 54.5 Å². The van der Waals surface area contributed by atoms with Crippen LogP contribution in [0, 0.1) is 0 Å². The molecular formula is C19H19Br2FeN-6. The smallest absolute Gasteiger partial charge is 0.0215 e. The Balaban J connectivity index is 0.000000377. The first-order valence-electron chi connectivity index (χ1n) is 7.10. The molecule has 0 unspecified atom stereocenters. The zero-order valence-corrected chi connectivity index (χ0v) is 17.3. The van der Waals surface area contributed by atoms with Gasteiger partial charge in [-0.3, -0.25) is 0 Å². The summed E-state index contributed by atoms with van der Waals surface area (Å²) in [5.74, 6) is 0. The molecule has 0 aliphatic heterocycles. The number of rotatable bonds is 3. The van der Waals surface area contributed by atoms with Gasteiger partial charge in [0.25, 0.3) is 0 Å². The Morgan fingerprint density at radius 2 is 1.48 bits per heavy atom. The second-order valence-corrected chi connectivity index (χ2v) is 6.89. The van der Waals surface area contributed by atoms with Crippen molar-refractivity contribution in [2.75, 3.05) is 14.1 Å². The van der Waals surface area contributed by atoms with Gasteiger partial charge in [-0.15, -0.1) is 5.56 Å². The molecule has 23 heavy (non-hydrogen) atoms. The quantitative estimate of drug-likeness (QED) is 0.332. The third kappa shape index (κ3) is 5.74. The van der Waals surface area contributed by atoms with Crippen LogP contribution < -0.4 is 0 Å². The number of halogens is 2. The number of hydrogen-bond donors (Lipinski definition) is 0. The van der Waals surface area contributed by atoms with Crippen molar-refractivity contribution in [2.24, 2.45) is 0 Å². The van der Waals surface area contributed by atoms with Crippen LogP contribution in [0.25, 0.3) is 0 Å². The van der Waals surface area contributed by atoms with Crippen molar-refractivity contribution in [3.05, 3.63) is 92.9 Å². The van der Waals surface area contributed by atoms with Gasteiger partial charge < -0.3 is 35.2 Å². The van der Waals surface area contributed by atoms with Gasteiger partial charge >= 0.3 is 0 Å². The summed E-state index contributed by atoms with van der Waals surface area (Å²) in [7, 11) is 4.20. The minimum Gasteiger partial charge on any atom is -0.748 e. The summed E-state index contributed by atoms with van der Waals surface area (Å²) < 4.78 is 2.30. The Morgan fingerprint density at radius 1 is 0.913 bits per heavy atom. The molecule has 1 atom stereocenters. The van der Waals surface area contributed by atoms with Gasteiger partial charge in [-0.2, -0.15) is 12.1 Å². The second-order valence-electron chi connectivity index (χ2n) is 5.18. The van der Waals surface area contributed by atoms with Crippen molar-refractivity contribution < 1.29 is 17.1 Å². The van der Waals surface area contributed by atoms with E-state index in [9.17, 15) is 0 Å². The standard InChI is InChI=1S/C14H14Br2N.C5H5.Fe/c1-17(2)14(11-7-5-9-13(11)16)10-6-3-4-8-12(10)15;1-2-4-5-3-1;/h3-9,14H,1-2H3;1-5H;/q-1;-5;/t14-;;/m1../s1. The Bertz CT molecular complexity index is 657. The van der Waals surface area contributed by atoms with Crippen LogP contribution in [0.5, 0.6) is 0 Å². The van der Waals surface area contributed by atoms with E-state index in [0.29, 0.717) is 0 Å². The van der Waals surface area contributed by atoms with Crippen LogP contribution in [0.2, 0.25) is 0 Å². The van der Waals surface area contributed by atoms with E-state index >= 15 is 0 Å². The zero-order valence-electron chi connectivity index (χ0n) is 13.1. The van der Waals surface area contributed by atoms with Gasteiger partial charge in [-0.25, -0.2) is 6.07 Å². The maximum Gasteiger partial charge on any atom is 0.0215 e. The van der Waals surface area contributed by atoms with E-state index in [-0.39, 0.29) is 23.1 Å². The van der Waals surface area contributed by atoms with Gasteiger partial charge in [0.05, 0.1) is 0 Å². The molecule has 0 radical (unpaired) electrons. The average molecular weight is 477 g/mol. The first-order valence-corrected chi connectivity index (χ1v) is 8.68. The van der Waals surface area contributed by atoms with E-state index in [4.69, 9.17) is 0 Å². The number of nitrogens with zero attached hydrogens (tertiary/aromatic N) is 1. The molecule has 3 aromatic carbocycles. The molecule has 3 rings (SSSR count). The van der Waals surface area contributed by atoms with E-state index in [1.807, 2.05) is 36.4 Å². The maximum atomic E-state index is 3.63. The molecule has 0 fully saturated rings. The molecule has 1 nitrogen and oxygen atoms in total. The van der Waals surface area contributed by atoms with Crippen molar-refractivity contribution in [1.82, 2.24) is 4.90 Å². The minimum atomic E-state index is 0. The van der Waals surface area contributed by atoms with Crippen molar-refractivity contribution in [3.8, 4) is 0 Å². The van der Waals surface area contributed by atoms with Crippen LogP contribution in [-0.4, -0.2) is 19.0 Å². The van der Waals surface area contributed by atoms with Gasteiger partial charge in [0.15, 0.2) is 0 Å². The summed E-state index contributed by atoms with van der Waals surface area (Å²) in [5.41, 5.74) is 2.58. The molecule has 0 heterocycles. The average Bonchev–Trinajstić information content (AvgIpc) is 3.17. The molecule has 0 aliphatic rings. The number of benzene rings is 1. The molecule has 0 spiro atoms. The van der Waals surface area contributed by atoms with E-state index in [1.165, 1.54) is 11.1 Å². The summed E-state index contributed by atoms with van der Waals surface area (Å²) >= 11 is 7.25. The minimum absolute atomic E-state index is 0. The van der Waals surface area contributed by atoms with Crippen molar-refractivity contribution in [3.63, 3.8) is 0 Å². The largest absolute Gasteiger partial charge is 0.748 e. The Kier molecular flexibility index (Phi) is 9.11. The zero-order chi connectivity index (χ0) is 15.9. The molecule has 4 heteroatoms. The summed E-state index contributed by atoms with van der Waals surface area (Å²) in [6.07, 6.45) is 0. The Labute approximate surface area is 166 Å². The van der Waals surface area contributed by atoms with Crippen molar-refractivity contribution in [1.29, 1.82) is 0 Å². The predicted molar refractivity (Wildman–Crippen MR) is 101 cm³/mol. The summed E-state index contributed by atoms with van der Waals surface area (Å²) in [6.45, 7) is 0. The fourth-order valence-electron chi connectivity index (χ4n) is 2.38. The molecule has 0 saturated carbocycles. The van der Waals surface area contributed by atoms with Crippen LogP contribution in [0.4, 0.5) is 0 Å². The topological polar surface area (TPSA) is 3.24 Å². The molecule has 0 N–H and O–H groups in total. The van der Waals surface area contributed by atoms with Crippen molar-refractivity contribution >= 4 is 31.9 Å². The Hall–Kier alpha value is -0.641. The van der Waals surface area contributed by atoms with Crippen LogP contribution in [-0.2, 0) is 17.1 Å². The van der Waals surface area contributed by atoms with E-state index in [1.54, 1.807) is 0 Å². The summed E-state index contributed by atoms with van der Waals surface area (Å²) in [6, 6.07) is 24.9. The molecule has 0 aromatic heterocycles. The van der Waals surface area contributed by atoms with Crippen LogP contribution in [0.15, 0.2) is 81.7 Å². The van der Waals surface area contributed by atoms with E-state index < -0.39 is 0 Å². The third-order valence-corrected chi connectivity index (χ3v) is 4.80. The molecule has 0 amide bonds. The number of hydrogen-bond acceptors (Lipinski definition) is 1. The van der Waals surface area contributed by atoms with Crippen molar-refractivity contribution in [2.45, 2.75) is 6.04 Å². The second kappa shape index (κ2) is 10.3. The van der Waals surface area contributed by atoms with Gasteiger partial charge in [0.1, 0.15) is 0 Å². The molecule has 3 aromatic rings. The SMILES string of the molecule is CN(C)[C@H](c1ccccc1Br)[c-]1cccc1Br.[Fe].[cH-]1[cH-][cH-][cH-][cH-]1.